The lowest BCUT2D eigenvalue weighted by Crippen LogP contribution is -2.52. The predicted molar refractivity (Wildman–Crippen MR) is 46.4 cm³/mol. The fourth-order valence-corrected chi connectivity index (χ4v) is 2.39. The fraction of sp³-hybridized carbons (Fsp3) is 0.889. The zero-order chi connectivity index (χ0) is 8.60. The molecule has 3 nitrogen and oxygen atoms in total. The van der Waals surface area contributed by atoms with E-state index in [9.17, 15) is 0 Å². The highest BCUT2D eigenvalue weighted by Crippen LogP contribution is 2.30. The third kappa shape index (κ3) is 1.21. The summed E-state index contributed by atoms with van der Waals surface area (Å²) in [5.41, 5.74) is 5.40. The lowest BCUT2D eigenvalue weighted by molar-refractivity contribution is 0.157. The summed E-state index contributed by atoms with van der Waals surface area (Å²) in [6.45, 7) is 2.24. The molecule has 12 heavy (non-hydrogen) atoms. The van der Waals surface area contributed by atoms with Gasteiger partial charge in [-0.3, -0.25) is 0 Å². The van der Waals surface area contributed by atoms with E-state index in [0.29, 0.717) is 6.04 Å². The van der Waals surface area contributed by atoms with Crippen LogP contribution in [0.3, 0.4) is 0 Å². The van der Waals surface area contributed by atoms with Gasteiger partial charge in [-0.25, -0.2) is 0 Å². The van der Waals surface area contributed by atoms with Crippen molar-refractivity contribution in [3.8, 4) is 6.07 Å². The van der Waals surface area contributed by atoms with Gasteiger partial charge in [0.05, 0.1) is 6.07 Å². The van der Waals surface area contributed by atoms with Gasteiger partial charge in [-0.1, -0.05) is 0 Å². The SMILES string of the molecule is N#CC1(N)CCN2CCCC2C1. The molecule has 2 atom stereocenters. The Morgan fingerprint density at radius 2 is 2.33 bits per heavy atom. The summed E-state index contributed by atoms with van der Waals surface area (Å²) in [5.74, 6) is 0. The number of nitrogens with zero attached hydrogens (tertiary/aromatic N) is 2. The Labute approximate surface area is 73.1 Å². The highest BCUT2D eigenvalue weighted by Gasteiger charge is 2.38. The van der Waals surface area contributed by atoms with Crippen LogP contribution in [0.4, 0.5) is 0 Å². The molecule has 66 valence electrons. The Hall–Kier alpha value is -0.590. The van der Waals surface area contributed by atoms with E-state index in [1.54, 1.807) is 0 Å². The first-order chi connectivity index (χ1) is 5.73. The molecule has 2 saturated heterocycles. The first-order valence-electron chi connectivity index (χ1n) is 4.68. The zero-order valence-electron chi connectivity index (χ0n) is 7.29. The molecular weight excluding hydrogens is 150 g/mol. The average Bonchev–Trinajstić information content (AvgIpc) is 2.51. The second kappa shape index (κ2) is 2.72. The first-order valence-corrected chi connectivity index (χ1v) is 4.68. The molecule has 3 heteroatoms. The quantitative estimate of drug-likeness (QED) is 0.567. The minimum atomic E-state index is -0.522. The van der Waals surface area contributed by atoms with E-state index in [2.05, 4.69) is 11.0 Å². The number of fused-ring (bicyclic) bond motifs is 1. The molecule has 2 aliphatic rings. The summed E-state index contributed by atoms with van der Waals surface area (Å²) in [6, 6.07) is 2.84. The van der Waals surface area contributed by atoms with Crippen LogP contribution in [0, 0.1) is 11.3 Å². The Morgan fingerprint density at radius 1 is 1.50 bits per heavy atom. The number of nitrogens with two attached hydrogens (primary N) is 1. The van der Waals surface area contributed by atoms with Crippen molar-refractivity contribution in [3.63, 3.8) is 0 Å². The van der Waals surface area contributed by atoms with E-state index in [4.69, 9.17) is 11.0 Å². The molecule has 0 radical (unpaired) electrons. The molecule has 0 aromatic rings. The van der Waals surface area contributed by atoms with Gasteiger partial charge in [-0.15, -0.1) is 0 Å². The van der Waals surface area contributed by atoms with Crippen LogP contribution in [0.2, 0.25) is 0 Å². The number of hydrogen-bond donors (Lipinski definition) is 1. The third-order valence-corrected chi connectivity index (χ3v) is 3.17. The second-order valence-electron chi connectivity index (χ2n) is 4.05. The van der Waals surface area contributed by atoms with Crippen LogP contribution in [0.5, 0.6) is 0 Å². The smallest absolute Gasteiger partial charge is 0.107 e. The minimum Gasteiger partial charge on any atom is -0.313 e. The van der Waals surface area contributed by atoms with Crippen molar-refractivity contribution in [3.05, 3.63) is 0 Å². The molecule has 2 unspecified atom stereocenters. The van der Waals surface area contributed by atoms with Crippen LogP contribution in [0.25, 0.3) is 0 Å². The summed E-state index contributed by atoms with van der Waals surface area (Å²) < 4.78 is 0. The number of piperidine rings is 1. The van der Waals surface area contributed by atoms with E-state index >= 15 is 0 Å². The largest absolute Gasteiger partial charge is 0.313 e. The van der Waals surface area contributed by atoms with E-state index in [0.717, 1.165) is 19.4 Å². The average molecular weight is 165 g/mol. The van der Waals surface area contributed by atoms with Crippen molar-refractivity contribution >= 4 is 0 Å². The Balaban J connectivity index is 2.07. The van der Waals surface area contributed by atoms with Crippen LogP contribution < -0.4 is 5.73 Å². The van der Waals surface area contributed by atoms with Gasteiger partial charge >= 0.3 is 0 Å². The summed E-state index contributed by atoms with van der Waals surface area (Å²) in [7, 11) is 0. The van der Waals surface area contributed by atoms with E-state index in [-0.39, 0.29) is 0 Å². The second-order valence-corrected chi connectivity index (χ2v) is 4.05. The van der Waals surface area contributed by atoms with Gasteiger partial charge in [0.1, 0.15) is 5.54 Å². The number of rotatable bonds is 0. The summed E-state index contributed by atoms with van der Waals surface area (Å²) >= 11 is 0. The van der Waals surface area contributed by atoms with Crippen LogP contribution in [-0.4, -0.2) is 29.6 Å². The monoisotopic (exact) mass is 165 g/mol. The molecular formula is C9H15N3. The van der Waals surface area contributed by atoms with Crippen molar-refractivity contribution in [1.29, 1.82) is 5.26 Å². The van der Waals surface area contributed by atoms with Gasteiger partial charge in [0.2, 0.25) is 0 Å². The van der Waals surface area contributed by atoms with Crippen molar-refractivity contribution in [2.75, 3.05) is 13.1 Å². The van der Waals surface area contributed by atoms with Gasteiger partial charge in [-0.05, 0) is 32.2 Å². The summed E-state index contributed by atoms with van der Waals surface area (Å²) in [6.07, 6.45) is 4.25. The van der Waals surface area contributed by atoms with Gasteiger partial charge in [0.15, 0.2) is 0 Å². The Morgan fingerprint density at radius 3 is 3.08 bits per heavy atom. The van der Waals surface area contributed by atoms with E-state index in [1.807, 2.05) is 0 Å². The van der Waals surface area contributed by atoms with Crippen LogP contribution in [0.1, 0.15) is 25.7 Å². The molecule has 0 saturated carbocycles. The standard InChI is InChI=1S/C9H15N3/c10-7-9(11)3-5-12-4-1-2-8(12)6-9/h8H,1-6,11H2. The molecule has 2 heterocycles. The predicted octanol–water partition coefficient (Wildman–Crippen LogP) is 0.466. The van der Waals surface area contributed by atoms with Crippen LogP contribution in [0.15, 0.2) is 0 Å². The maximum absolute atomic E-state index is 8.88. The van der Waals surface area contributed by atoms with Gasteiger partial charge in [-0.2, -0.15) is 5.26 Å². The van der Waals surface area contributed by atoms with E-state index < -0.39 is 5.54 Å². The van der Waals surface area contributed by atoms with Gasteiger partial charge in [0.25, 0.3) is 0 Å². The number of hydrogen-bond acceptors (Lipinski definition) is 3. The molecule has 0 bridgehead atoms. The molecule has 0 aliphatic carbocycles. The van der Waals surface area contributed by atoms with Gasteiger partial charge in [0, 0.05) is 12.6 Å². The molecule has 0 aromatic heterocycles. The maximum Gasteiger partial charge on any atom is 0.107 e. The molecule has 2 fully saturated rings. The normalized spacial score (nSPS) is 42.2. The topological polar surface area (TPSA) is 53.1 Å². The number of nitriles is 1. The molecule has 2 rings (SSSR count). The van der Waals surface area contributed by atoms with Gasteiger partial charge < -0.3 is 10.6 Å². The third-order valence-electron chi connectivity index (χ3n) is 3.17. The Kier molecular flexibility index (Phi) is 1.82. The minimum absolute atomic E-state index is 0.522. The molecule has 0 spiro atoms. The maximum atomic E-state index is 8.88. The molecule has 0 amide bonds. The van der Waals surface area contributed by atoms with Crippen molar-refractivity contribution in [2.45, 2.75) is 37.3 Å². The molecule has 2 N–H and O–H groups in total. The molecule has 0 aromatic carbocycles. The van der Waals surface area contributed by atoms with Crippen LogP contribution in [-0.2, 0) is 0 Å². The summed E-state index contributed by atoms with van der Waals surface area (Å²) in [5, 5.41) is 8.88. The van der Waals surface area contributed by atoms with E-state index in [1.165, 1.54) is 19.4 Å². The lowest BCUT2D eigenvalue weighted by Gasteiger charge is -2.37. The highest BCUT2D eigenvalue weighted by atomic mass is 15.2. The lowest BCUT2D eigenvalue weighted by atomic mass is 9.86. The van der Waals surface area contributed by atoms with Crippen molar-refractivity contribution in [1.82, 2.24) is 4.90 Å². The van der Waals surface area contributed by atoms with Crippen LogP contribution >= 0.6 is 0 Å². The fourth-order valence-electron chi connectivity index (χ4n) is 2.39. The summed E-state index contributed by atoms with van der Waals surface area (Å²) in [4.78, 5) is 2.47. The van der Waals surface area contributed by atoms with Crippen molar-refractivity contribution < 1.29 is 0 Å². The van der Waals surface area contributed by atoms with Crippen molar-refractivity contribution in [2.24, 2.45) is 5.73 Å². The zero-order valence-corrected chi connectivity index (χ0v) is 7.29. The Bertz CT molecular complexity index is 220. The highest BCUT2D eigenvalue weighted by molar-refractivity contribution is 5.10. The molecule has 2 aliphatic heterocycles. The first kappa shape index (κ1) is 8.03.